The summed E-state index contributed by atoms with van der Waals surface area (Å²) in [5.74, 6) is -0.641. The van der Waals surface area contributed by atoms with E-state index in [9.17, 15) is 14.4 Å². The number of guanidine groups is 1. The monoisotopic (exact) mass is 355 g/mol. The van der Waals surface area contributed by atoms with Gasteiger partial charge in [-0.1, -0.05) is 27.7 Å². The zero-order valence-corrected chi connectivity index (χ0v) is 15.8. The van der Waals surface area contributed by atoms with Gasteiger partial charge in [-0.05, 0) is 31.1 Å². The fraction of sp³-hybridized carbons (Fsp3) is 0.765. The van der Waals surface area contributed by atoms with Crippen LogP contribution in [0.2, 0.25) is 0 Å². The SMILES string of the molecule is CC(C)CC(=O)N(C(=O)[C@@H](N)CC(C)C)[C@H](C=O)CCCN=C(N)N. The molecule has 0 aromatic rings. The van der Waals surface area contributed by atoms with Crippen LogP contribution in [0.25, 0.3) is 0 Å². The second kappa shape index (κ2) is 11.6. The van der Waals surface area contributed by atoms with Gasteiger partial charge < -0.3 is 22.0 Å². The molecule has 2 atom stereocenters. The molecule has 25 heavy (non-hydrogen) atoms. The van der Waals surface area contributed by atoms with Gasteiger partial charge in [-0.3, -0.25) is 19.5 Å². The van der Waals surface area contributed by atoms with E-state index in [1.165, 1.54) is 0 Å². The predicted octanol–water partition coefficient (Wildman–Crippen LogP) is 0.382. The van der Waals surface area contributed by atoms with E-state index in [1.54, 1.807) is 0 Å². The van der Waals surface area contributed by atoms with Gasteiger partial charge in [-0.2, -0.15) is 0 Å². The molecule has 0 radical (unpaired) electrons. The van der Waals surface area contributed by atoms with Crippen molar-refractivity contribution in [3.8, 4) is 0 Å². The number of hydrogen-bond acceptors (Lipinski definition) is 5. The van der Waals surface area contributed by atoms with Crippen molar-refractivity contribution in [1.29, 1.82) is 0 Å². The van der Waals surface area contributed by atoms with Crippen molar-refractivity contribution in [2.24, 2.45) is 34.0 Å². The lowest BCUT2D eigenvalue weighted by molar-refractivity contribution is -0.151. The largest absolute Gasteiger partial charge is 0.370 e. The van der Waals surface area contributed by atoms with Gasteiger partial charge in [-0.15, -0.1) is 0 Å². The van der Waals surface area contributed by atoms with Crippen LogP contribution in [0.5, 0.6) is 0 Å². The molecule has 8 heteroatoms. The molecule has 8 nitrogen and oxygen atoms in total. The summed E-state index contributed by atoms with van der Waals surface area (Å²) in [6.07, 6.45) is 2.01. The fourth-order valence-electron chi connectivity index (χ4n) is 2.47. The Balaban J connectivity index is 5.24. The molecular formula is C17H33N5O3. The molecule has 0 rings (SSSR count). The van der Waals surface area contributed by atoms with E-state index in [4.69, 9.17) is 17.2 Å². The number of imide groups is 1. The molecule has 2 amide bonds. The van der Waals surface area contributed by atoms with Gasteiger partial charge in [0.15, 0.2) is 5.96 Å². The number of rotatable bonds is 11. The van der Waals surface area contributed by atoms with Crippen LogP contribution in [0.3, 0.4) is 0 Å². The number of nitrogens with two attached hydrogens (primary N) is 3. The van der Waals surface area contributed by atoms with Crippen molar-refractivity contribution in [2.75, 3.05) is 6.54 Å². The van der Waals surface area contributed by atoms with Gasteiger partial charge in [0.05, 0.1) is 12.1 Å². The lowest BCUT2D eigenvalue weighted by atomic mass is 10.0. The number of nitrogens with zero attached hydrogens (tertiary/aromatic N) is 2. The third-order valence-corrected chi connectivity index (χ3v) is 3.57. The summed E-state index contributed by atoms with van der Waals surface area (Å²) in [5, 5.41) is 0. The Morgan fingerprint density at radius 2 is 1.72 bits per heavy atom. The van der Waals surface area contributed by atoms with Gasteiger partial charge in [0.25, 0.3) is 0 Å². The molecule has 0 aliphatic carbocycles. The molecule has 0 unspecified atom stereocenters. The minimum absolute atomic E-state index is 0.0366. The number of carbonyl (C=O) groups excluding carboxylic acids is 3. The van der Waals surface area contributed by atoms with Gasteiger partial charge >= 0.3 is 0 Å². The molecule has 0 saturated carbocycles. The molecule has 144 valence electrons. The Kier molecular flexibility index (Phi) is 10.7. The maximum Gasteiger partial charge on any atom is 0.246 e. The normalized spacial score (nSPS) is 13.4. The quantitative estimate of drug-likeness (QED) is 0.211. The summed E-state index contributed by atoms with van der Waals surface area (Å²) in [5.41, 5.74) is 16.5. The third-order valence-electron chi connectivity index (χ3n) is 3.57. The maximum atomic E-state index is 12.7. The first-order chi connectivity index (χ1) is 11.6. The summed E-state index contributed by atoms with van der Waals surface area (Å²) in [6, 6.07) is -1.66. The zero-order chi connectivity index (χ0) is 19.6. The first-order valence-corrected chi connectivity index (χ1v) is 8.72. The number of aliphatic imine (C=N–C) groups is 1. The number of hydrogen-bond donors (Lipinski definition) is 3. The van der Waals surface area contributed by atoms with Crippen LogP contribution < -0.4 is 17.2 Å². The van der Waals surface area contributed by atoms with Gasteiger partial charge in [-0.25, -0.2) is 0 Å². The van der Waals surface area contributed by atoms with Crippen LogP contribution in [0.1, 0.15) is 53.4 Å². The van der Waals surface area contributed by atoms with Crippen LogP contribution >= 0.6 is 0 Å². The van der Waals surface area contributed by atoms with E-state index in [0.717, 1.165) is 4.90 Å². The molecule has 0 saturated heterocycles. The van der Waals surface area contributed by atoms with Crippen LogP contribution in [0, 0.1) is 11.8 Å². The standard InChI is InChI=1S/C17H33N5O3/c1-11(2)8-14(18)16(25)22(15(24)9-12(3)4)13(10-23)6-5-7-21-17(19)20/h10-14H,5-9,18H2,1-4H3,(H4,19,20,21)/t13-,14-/m0/s1. The van der Waals surface area contributed by atoms with Crippen molar-refractivity contribution in [2.45, 2.75) is 65.5 Å². The molecule has 0 aliphatic heterocycles. The summed E-state index contributed by atoms with van der Waals surface area (Å²) in [7, 11) is 0. The molecule has 0 aromatic heterocycles. The minimum atomic E-state index is -0.855. The Hall–Kier alpha value is -1.96. The lowest BCUT2D eigenvalue weighted by Gasteiger charge is -2.30. The van der Waals surface area contributed by atoms with Crippen molar-refractivity contribution < 1.29 is 14.4 Å². The van der Waals surface area contributed by atoms with Crippen LogP contribution in [-0.4, -0.2) is 47.6 Å². The number of aldehydes is 1. The summed E-state index contributed by atoms with van der Waals surface area (Å²) < 4.78 is 0. The Morgan fingerprint density at radius 1 is 1.12 bits per heavy atom. The highest BCUT2D eigenvalue weighted by molar-refractivity contribution is 6.00. The molecule has 0 fully saturated rings. The number of amides is 2. The van der Waals surface area contributed by atoms with E-state index < -0.39 is 18.0 Å². The number of carbonyl (C=O) groups is 3. The molecule has 0 heterocycles. The molecule has 0 aromatic carbocycles. The highest BCUT2D eigenvalue weighted by Crippen LogP contribution is 2.15. The zero-order valence-electron chi connectivity index (χ0n) is 15.8. The van der Waals surface area contributed by atoms with Gasteiger partial charge in [0.2, 0.25) is 11.8 Å². The average molecular weight is 355 g/mol. The molecular weight excluding hydrogens is 322 g/mol. The van der Waals surface area contributed by atoms with E-state index >= 15 is 0 Å². The smallest absolute Gasteiger partial charge is 0.246 e. The van der Waals surface area contributed by atoms with Crippen molar-refractivity contribution in [1.82, 2.24) is 4.90 Å². The molecule has 0 aliphatic rings. The van der Waals surface area contributed by atoms with Crippen molar-refractivity contribution in [3.05, 3.63) is 0 Å². The van der Waals surface area contributed by atoms with Crippen molar-refractivity contribution in [3.63, 3.8) is 0 Å². The Morgan fingerprint density at radius 3 is 2.16 bits per heavy atom. The average Bonchev–Trinajstić information content (AvgIpc) is 2.47. The van der Waals surface area contributed by atoms with Gasteiger partial charge in [0.1, 0.15) is 6.29 Å². The second-order valence-electron chi connectivity index (χ2n) is 7.09. The Bertz CT molecular complexity index is 473. The third kappa shape index (κ3) is 9.19. The summed E-state index contributed by atoms with van der Waals surface area (Å²) in [6.45, 7) is 7.97. The Labute approximate surface area is 150 Å². The highest BCUT2D eigenvalue weighted by atomic mass is 16.2. The topological polar surface area (TPSA) is 145 Å². The molecule has 0 bridgehead atoms. The maximum absolute atomic E-state index is 12.7. The van der Waals surface area contributed by atoms with Crippen LogP contribution in [0.4, 0.5) is 0 Å². The predicted molar refractivity (Wildman–Crippen MR) is 98.5 cm³/mol. The van der Waals surface area contributed by atoms with Crippen LogP contribution in [0.15, 0.2) is 4.99 Å². The molecule has 6 N–H and O–H groups in total. The highest BCUT2D eigenvalue weighted by Gasteiger charge is 2.32. The first kappa shape index (κ1) is 23.0. The van der Waals surface area contributed by atoms with Crippen molar-refractivity contribution >= 4 is 24.1 Å². The first-order valence-electron chi connectivity index (χ1n) is 8.72. The summed E-state index contributed by atoms with van der Waals surface area (Å²) >= 11 is 0. The van der Waals surface area contributed by atoms with Crippen LogP contribution in [-0.2, 0) is 14.4 Å². The minimum Gasteiger partial charge on any atom is -0.370 e. The van der Waals surface area contributed by atoms with E-state index in [1.807, 2.05) is 27.7 Å². The lowest BCUT2D eigenvalue weighted by Crippen LogP contribution is -2.52. The fourth-order valence-corrected chi connectivity index (χ4v) is 2.47. The van der Waals surface area contributed by atoms with E-state index in [0.29, 0.717) is 32.1 Å². The second-order valence-corrected chi connectivity index (χ2v) is 7.09. The summed E-state index contributed by atoms with van der Waals surface area (Å²) in [4.78, 5) is 41.7. The van der Waals surface area contributed by atoms with E-state index in [-0.39, 0.29) is 30.1 Å². The molecule has 0 spiro atoms. The van der Waals surface area contributed by atoms with E-state index in [2.05, 4.69) is 4.99 Å². The van der Waals surface area contributed by atoms with Gasteiger partial charge in [0, 0.05) is 13.0 Å².